The maximum absolute atomic E-state index is 13.7. The van der Waals surface area contributed by atoms with Gasteiger partial charge in [0.1, 0.15) is 17.4 Å². The van der Waals surface area contributed by atoms with Crippen LogP contribution >= 0.6 is 0 Å². The van der Waals surface area contributed by atoms with Crippen LogP contribution in [0.2, 0.25) is 0 Å². The van der Waals surface area contributed by atoms with Crippen LogP contribution in [0.1, 0.15) is 24.1 Å². The summed E-state index contributed by atoms with van der Waals surface area (Å²) in [5, 5.41) is 10.4. The first-order chi connectivity index (χ1) is 18.6. The third-order valence-corrected chi connectivity index (χ3v) is 6.87. The Hall–Kier alpha value is -4.35. The second kappa shape index (κ2) is 11.0. The Morgan fingerprint density at radius 2 is 1.61 bits per heavy atom. The first kappa shape index (κ1) is 25.3. The van der Waals surface area contributed by atoms with Crippen molar-refractivity contribution in [1.29, 1.82) is 5.26 Å². The molecule has 4 aromatic rings. The smallest absolute Gasteiger partial charge is 0.203 e. The third-order valence-electron chi connectivity index (χ3n) is 6.87. The van der Waals surface area contributed by atoms with Gasteiger partial charge in [-0.3, -0.25) is 4.90 Å². The van der Waals surface area contributed by atoms with E-state index in [4.69, 9.17) is 19.2 Å². The van der Waals surface area contributed by atoms with E-state index < -0.39 is 0 Å². The minimum Gasteiger partial charge on any atom is -0.493 e. The number of rotatable bonds is 8. The van der Waals surface area contributed by atoms with E-state index in [9.17, 15) is 9.65 Å². The zero-order chi connectivity index (χ0) is 26.6. The van der Waals surface area contributed by atoms with Crippen molar-refractivity contribution in [1.82, 2.24) is 14.5 Å². The second-order valence-corrected chi connectivity index (χ2v) is 9.14. The minimum atomic E-state index is -0.328. The monoisotopic (exact) mass is 512 g/mol. The Morgan fingerprint density at radius 3 is 2.21 bits per heavy atom. The van der Waals surface area contributed by atoms with Crippen LogP contribution in [-0.4, -0.2) is 48.9 Å². The van der Waals surface area contributed by atoms with Gasteiger partial charge in [0.05, 0.1) is 27.0 Å². The number of nitrogens with zero attached hydrogens (tertiary/aromatic N) is 4. The van der Waals surface area contributed by atoms with Crippen molar-refractivity contribution >= 4 is 0 Å². The Kier molecular flexibility index (Phi) is 7.29. The molecule has 0 bridgehead atoms. The van der Waals surface area contributed by atoms with Gasteiger partial charge in [-0.05, 0) is 86.1 Å². The lowest BCUT2D eigenvalue weighted by Gasteiger charge is -2.20. The summed E-state index contributed by atoms with van der Waals surface area (Å²) < 4.78 is 32.4. The molecule has 1 saturated heterocycles. The summed E-state index contributed by atoms with van der Waals surface area (Å²) in [6.07, 6.45) is 4.31. The molecule has 0 atom stereocenters. The van der Waals surface area contributed by atoms with Crippen molar-refractivity contribution < 1.29 is 18.6 Å². The summed E-state index contributed by atoms with van der Waals surface area (Å²) >= 11 is 0. The standard InChI is InChI=1S/C30H29FN4O3/c1-36-27-15-21(16-28(37-2)29(27)38-3)24-17-26(20-8-10-22(31)11-9-20)33-30(25(24)18-32)35-14-6-7-23(35)19-34-12-4-5-13-34/h6-11,14-17H,4-5,12-13,19H2,1-3H3. The molecule has 2 aromatic carbocycles. The van der Waals surface area contributed by atoms with Gasteiger partial charge in [-0.15, -0.1) is 0 Å². The fourth-order valence-electron chi connectivity index (χ4n) is 4.97. The van der Waals surface area contributed by atoms with Crippen LogP contribution in [0.25, 0.3) is 28.2 Å². The summed E-state index contributed by atoms with van der Waals surface area (Å²) in [7, 11) is 4.66. The predicted octanol–water partition coefficient (Wildman–Crippen LogP) is 5.84. The van der Waals surface area contributed by atoms with Gasteiger partial charge in [-0.2, -0.15) is 5.26 Å². The zero-order valence-corrected chi connectivity index (χ0v) is 21.7. The third kappa shape index (κ3) is 4.81. The number of likely N-dealkylation sites (tertiary alicyclic amines) is 1. The van der Waals surface area contributed by atoms with Gasteiger partial charge in [0.25, 0.3) is 0 Å². The molecule has 38 heavy (non-hydrogen) atoms. The molecule has 7 nitrogen and oxygen atoms in total. The Balaban J connectivity index is 1.75. The van der Waals surface area contributed by atoms with Crippen LogP contribution in [0.4, 0.5) is 4.39 Å². The highest BCUT2D eigenvalue weighted by molar-refractivity contribution is 5.81. The van der Waals surface area contributed by atoms with E-state index in [1.165, 1.54) is 25.0 Å². The molecule has 194 valence electrons. The fraction of sp³-hybridized carbons (Fsp3) is 0.267. The molecule has 0 saturated carbocycles. The molecular formula is C30H29FN4O3. The van der Waals surface area contributed by atoms with Crippen LogP contribution < -0.4 is 14.2 Å². The molecule has 3 heterocycles. The Morgan fingerprint density at radius 1 is 0.921 bits per heavy atom. The minimum absolute atomic E-state index is 0.328. The topological polar surface area (TPSA) is 72.5 Å². The lowest BCUT2D eigenvalue weighted by Crippen LogP contribution is -2.20. The van der Waals surface area contributed by atoms with Crippen molar-refractivity contribution in [3.05, 3.63) is 77.9 Å². The maximum Gasteiger partial charge on any atom is 0.203 e. The number of methoxy groups -OCH3 is 3. The predicted molar refractivity (Wildman–Crippen MR) is 143 cm³/mol. The van der Waals surface area contributed by atoms with E-state index in [1.54, 1.807) is 33.5 Å². The molecule has 5 rings (SSSR count). The second-order valence-electron chi connectivity index (χ2n) is 9.14. The maximum atomic E-state index is 13.7. The molecule has 0 aliphatic carbocycles. The van der Waals surface area contributed by atoms with Crippen LogP contribution in [0, 0.1) is 17.1 Å². The number of aromatic nitrogens is 2. The van der Waals surface area contributed by atoms with Crippen molar-refractivity contribution in [3.63, 3.8) is 0 Å². The van der Waals surface area contributed by atoms with Gasteiger partial charge in [-0.25, -0.2) is 9.37 Å². The van der Waals surface area contributed by atoms with E-state index in [1.807, 2.05) is 35.0 Å². The highest BCUT2D eigenvalue weighted by Crippen LogP contribution is 2.43. The van der Waals surface area contributed by atoms with Gasteiger partial charge in [-0.1, -0.05) is 0 Å². The summed E-state index contributed by atoms with van der Waals surface area (Å²) in [5.74, 6) is 1.60. The van der Waals surface area contributed by atoms with Gasteiger partial charge in [0, 0.05) is 29.6 Å². The van der Waals surface area contributed by atoms with E-state index in [0.717, 1.165) is 30.9 Å². The number of ether oxygens (including phenoxy) is 3. The highest BCUT2D eigenvalue weighted by atomic mass is 19.1. The van der Waals surface area contributed by atoms with E-state index in [-0.39, 0.29) is 5.82 Å². The number of hydrogen-bond donors (Lipinski definition) is 0. The first-order valence-corrected chi connectivity index (χ1v) is 12.5. The number of hydrogen-bond acceptors (Lipinski definition) is 6. The van der Waals surface area contributed by atoms with Gasteiger partial charge < -0.3 is 18.8 Å². The zero-order valence-electron chi connectivity index (χ0n) is 21.7. The van der Waals surface area contributed by atoms with E-state index in [2.05, 4.69) is 17.0 Å². The van der Waals surface area contributed by atoms with Crippen molar-refractivity contribution in [3.8, 4) is 51.5 Å². The summed E-state index contributed by atoms with van der Waals surface area (Å²) in [6.45, 7) is 2.87. The van der Waals surface area contributed by atoms with Gasteiger partial charge in [0.15, 0.2) is 17.3 Å². The Bertz CT molecular complexity index is 1460. The average Bonchev–Trinajstić information content (AvgIpc) is 3.64. The van der Waals surface area contributed by atoms with Crippen molar-refractivity contribution in [2.75, 3.05) is 34.4 Å². The molecule has 1 fully saturated rings. The largest absolute Gasteiger partial charge is 0.493 e. The molecule has 0 unspecified atom stereocenters. The normalized spacial score (nSPS) is 13.3. The molecule has 0 amide bonds. The lowest BCUT2D eigenvalue weighted by atomic mass is 9.97. The lowest BCUT2D eigenvalue weighted by molar-refractivity contribution is 0.324. The molecule has 2 aromatic heterocycles. The Labute approximate surface area is 221 Å². The molecule has 1 aliphatic rings. The number of halogens is 1. The van der Waals surface area contributed by atoms with Crippen molar-refractivity contribution in [2.45, 2.75) is 19.4 Å². The quantitative estimate of drug-likeness (QED) is 0.295. The van der Waals surface area contributed by atoms with Gasteiger partial charge in [0.2, 0.25) is 5.75 Å². The molecule has 0 N–H and O–H groups in total. The van der Waals surface area contributed by atoms with Crippen molar-refractivity contribution in [2.24, 2.45) is 0 Å². The molecule has 0 radical (unpaired) electrons. The summed E-state index contributed by atoms with van der Waals surface area (Å²) in [5.41, 5.74) is 4.16. The molecule has 0 spiro atoms. The molecular weight excluding hydrogens is 483 g/mol. The molecule has 8 heteroatoms. The number of nitriles is 1. The van der Waals surface area contributed by atoms with Crippen LogP contribution in [-0.2, 0) is 6.54 Å². The van der Waals surface area contributed by atoms with Crippen LogP contribution in [0.5, 0.6) is 17.2 Å². The van der Waals surface area contributed by atoms with Crippen LogP contribution in [0.3, 0.4) is 0 Å². The van der Waals surface area contributed by atoms with Gasteiger partial charge >= 0.3 is 0 Å². The average molecular weight is 513 g/mol. The van der Waals surface area contributed by atoms with E-state index in [0.29, 0.717) is 45.5 Å². The highest BCUT2D eigenvalue weighted by Gasteiger charge is 2.22. The fourth-order valence-corrected chi connectivity index (χ4v) is 4.97. The number of benzene rings is 2. The number of pyridine rings is 1. The molecule has 1 aliphatic heterocycles. The summed E-state index contributed by atoms with van der Waals surface area (Å²) in [4.78, 5) is 7.34. The summed E-state index contributed by atoms with van der Waals surface area (Å²) in [6, 6.07) is 18.1. The SMILES string of the molecule is COc1cc(-c2cc(-c3ccc(F)cc3)nc(-n3cccc3CN3CCCC3)c2C#N)cc(OC)c1OC. The van der Waals surface area contributed by atoms with E-state index >= 15 is 0 Å². The van der Waals surface area contributed by atoms with Crippen LogP contribution in [0.15, 0.2) is 60.8 Å². The first-order valence-electron chi connectivity index (χ1n) is 12.5.